The van der Waals surface area contributed by atoms with Crippen LogP contribution in [-0.4, -0.2) is 52.8 Å². The zero-order valence-electron chi connectivity index (χ0n) is 16.6. The molecule has 0 amide bonds. The summed E-state index contributed by atoms with van der Waals surface area (Å²) in [6.07, 6.45) is 1.56. The third-order valence-corrected chi connectivity index (χ3v) is 5.75. The molecule has 152 valence electrons. The number of piperidine rings is 1. The number of likely N-dealkylation sites (tertiary alicyclic amines) is 1. The number of hydrogen-bond acceptors (Lipinski definition) is 6. The maximum absolute atomic E-state index is 12.2. The molecular weight excluding hydrogens is 378 g/mol. The van der Waals surface area contributed by atoms with Gasteiger partial charge in [-0.3, -0.25) is 9.69 Å². The van der Waals surface area contributed by atoms with Crippen LogP contribution < -0.4 is 0 Å². The lowest BCUT2D eigenvalue weighted by molar-refractivity contribution is -0.147. The summed E-state index contributed by atoms with van der Waals surface area (Å²) in [7, 11) is 1.44. The third kappa shape index (κ3) is 3.98. The molecule has 1 saturated heterocycles. The highest BCUT2D eigenvalue weighted by Crippen LogP contribution is 2.24. The molecule has 0 atom stereocenters. The highest BCUT2D eigenvalue weighted by Gasteiger charge is 2.26. The van der Waals surface area contributed by atoms with Crippen LogP contribution in [0.2, 0.25) is 0 Å². The molecule has 0 radical (unpaired) electrons. The predicted octanol–water partition coefficient (Wildman–Crippen LogP) is 3.21. The molecule has 8 heteroatoms. The molecule has 1 aliphatic heterocycles. The summed E-state index contributed by atoms with van der Waals surface area (Å²) in [5.74, 6) is -0.482. The summed E-state index contributed by atoms with van der Waals surface area (Å²) < 4.78 is 14.9. The van der Waals surface area contributed by atoms with Crippen molar-refractivity contribution in [1.29, 1.82) is 0 Å². The quantitative estimate of drug-likeness (QED) is 0.543. The Morgan fingerprint density at radius 2 is 1.86 bits per heavy atom. The number of imidazole rings is 1. The summed E-state index contributed by atoms with van der Waals surface area (Å²) in [6.45, 7) is 7.18. The molecule has 28 heavy (non-hydrogen) atoms. The third-order valence-electron chi connectivity index (χ3n) is 5.31. The average Bonchev–Trinajstić information content (AvgIpc) is 2.98. The summed E-state index contributed by atoms with van der Waals surface area (Å²) in [5, 5.41) is 0. The van der Waals surface area contributed by atoms with Gasteiger partial charge in [0.05, 0.1) is 42.9 Å². The van der Waals surface area contributed by atoms with Crippen LogP contribution in [0.1, 0.15) is 37.0 Å². The number of aromatic nitrogens is 2. The van der Waals surface area contributed by atoms with Gasteiger partial charge in [0.1, 0.15) is 0 Å². The van der Waals surface area contributed by atoms with E-state index in [9.17, 15) is 9.59 Å². The van der Waals surface area contributed by atoms with Crippen molar-refractivity contribution in [3.63, 3.8) is 0 Å². The number of nitrogens with zero attached hydrogens (tertiary/aromatic N) is 3. The molecule has 3 rings (SSSR count). The molecule has 1 aromatic heterocycles. The van der Waals surface area contributed by atoms with Gasteiger partial charge in [-0.1, -0.05) is 0 Å². The Hall–Kier alpha value is -2.19. The first kappa shape index (κ1) is 20.5. The van der Waals surface area contributed by atoms with Gasteiger partial charge < -0.3 is 18.6 Å². The minimum atomic E-state index is -0.329. The fourth-order valence-corrected chi connectivity index (χ4v) is 4.16. The number of esters is 2. The van der Waals surface area contributed by atoms with Crippen LogP contribution in [0.15, 0.2) is 18.2 Å². The summed E-state index contributed by atoms with van der Waals surface area (Å²) >= 11 is 5.71. The maximum atomic E-state index is 12.2. The molecule has 0 aliphatic carbocycles. The number of ether oxygens (including phenoxy) is 2. The van der Waals surface area contributed by atoms with Gasteiger partial charge in [-0.15, -0.1) is 0 Å². The van der Waals surface area contributed by atoms with Crippen LogP contribution in [0.4, 0.5) is 0 Å². The summed E-state index contributed by atoms with van der Waals surface area (Å²) in [5.41, 5.74) is 2.45. The second-order valence-corrected chi connectivity index (χ2v) is 7.30. The van der Waals surface area contributed by atoms with Crippen molar-refractivity contribution in [3.05, 3.63) is 28.5 Å². The number of benzene rings is 1. The lowest BCUT2D eigenvalue weighted by atomic mass is 9.97. The molecule has 0 saturated carbocycles. The smallest absolute Gasteiger partial charge is 0.338 e. The van der Waals surface area contributed by atoms with Crippen molar-refractivity contribution in [3.8, 4) is 0 Å². The van der Waals surface area contributed by atoms with E-state index in [4.69, 9.17) is 21.7 Å². The molecule has 0 N–H and O–H groups in total. The van der Waals surface area contributed by atoms with Crippen molar-refractivity contribution in [2.75, 3.05) is 26.8 Å². The molecule has 1 fully saturated rings. The number of aryl methyl sites for hydroxylation is 1. The van der Waals surface area contributed by atoms with E-state index in [1.54, 1.807) is 13.0 Å². The van der Waals surface area contributed by atoms with Gasteiger partial charge in [0.2, 0.25) is 0 Å². The molecule has 7 nitrogen and oxygen atoms in total. The van der Waals surface area contributed by atoms with Gasteiger partial charge in [0.15, 0.2) is 4.77 Å². The number of rotatable bonds is 6. The van der Waals surface area contributed by atoms with E-state index in [0.717, 1.165) is 48.3 Å². The van der Waals surface area contributed by atoms with Gasteiger partial charge >= 0.3 is 11.9 Å². The van der Waals surface area contributed by atoms with Crippen LogP contribution in [0, 0.1) is 10.7 Å². The van der Waals surface area contributed by atoms with E-state index in [-0.39, 0.29) is 17.9 Å². The number of carbonyl (C=O) groups is 2. The van der Waals surface area contributed by atoms with E-state index >= 15 is 0 Å². The van der Waals surface area contributed by atoms with Crippen LogP contribution in [0.25, 0.3) is 11.0 Å². The van der Waals surface area contributed by atoms with Gasteiger partial charge in [0, 0.05) is 19.6 Å². The summed E-state index contributed by atoms with van der Waals surface area (Å²) in [4.78, 5) is 26.2. The standard InChI is InChI=1S/C20H27N3O4S/c1-4-22-16-7-6-15(19(25)27-5-2)12-17(16)23(20(22)28)13-21-10-8-14(9-11-21)18(24)26-3/h6-7,12,14H,4-5,8-11,13H2,1-3H3. The van der Waals surface area contributed by atoms with E-state index in [2.05, 4.69) is 21.0 Å². The lowest BCUT2D eigenvalue weighted by Crippen LogP contribution is -2.37. The Morgan fingerprint density at radius 3 is 2.46 bits per heavy atom. The van der Waals surface area contributed by atoms with Crippen LogP contribution in [0.3, 0.4) is 0 Å². The molecule has 1 aromatic carbocycles. The molecule has 2 aromatic rings. The topological polar surface area (TPSA) is 65.7 Å². The van der Waals surface area contributed by atoms with Crippen molar-refractivity contribution in [2.24, 2.45) is 5.92 Å². The largest absolute Gasteiger partial charge is 0.469 e. The highest BCUT2D eigenvalue weighted by molar-refractivity contribution is 7.71. The highest BCUT2D eigenvalue weighted by atomic mass is 32.1. The van der Waals surface area contributed by atoms with Gasteiger partial charge in [0.25, 0.3) is 0 Å². The van der Waals surface area contributed by atoms with Gasteiger partial charge in [-0.25, -0.2) is 4.79 Å². The van der Waals surface area contributed by atoms with Gasteiger partial charge in [-0.2, -0.15) is 0 Å². The Kier molecular flexibility index (Phi) is 6.51. The van der Waals surface area contributed by atoms with Crippen LogP contribution in [0.5, 0.6) is 0 Å². The fraction of sp³-hybridized carbons (Fsp3) is 0.550. The van der Waals surface area contributed by atoms with E-state index in [1.807, 2.05) is 12.1 Å². The monoisotopic (exact) mass is 405 g/mol. The minimum absolute atomic E-state index is 0.0263. The second-order valence-electron chi connectivity index (χ2n) is 6.94. The van der Waals surface area contributed by atoms with Crippen molar-refractivity contribution < 1.29 is 19.1 Å². The molecule has 2 heterocycles. The lowest BCUT2D eigenvalue weighted by Gasteiger charge is -2.30. The Bertz CT molecular complexity index is 925. The molecule has 0 spiro atoms. The summed E-state index contributed by atoms with van der Waals surface area (Å²) in [6, 6.07) is 5.57. The first-order chi connectivity index (χ1) is 13.5. The Balaban J connectivity index is 1.88. The molecule has 1 aliphatic rings. The second kappa shape index (κ2) is 8.87. The normalized spacial score (nSPS) is 15.7. The van der Waals surface area contributed by atoms with E-state index < -0.39 is 0 Å². The molecule has 0 unspecified atom stereocenters. The van der Waals surface area contributed by atoms with Crippen LogP contribution >= 0.6 is 12.2 Å². The Labute approximate surface area is 169 Å². The number of fused-ring (bicyclic) bond motifs is 1. The van der Waals surface area contributed by atoms with Gasteiger partial charge in [-0.05, 0) is 57.1 Å². The first-order valence-corrected chi connectivity index (χ1v) is 10.1. The molecule has 0 bridgehead atoms. The van der Waals surface area contributed by atoms with Crippen molar-refractivity contribution in [2.45, 2.75) is 39.9 Å². The first-order valence-electron chi connectivity index (χ1n) is 9.70. The van der Waals surface area contributed by atoms with E-state index in [1.165, 1.54) is 7.11 Å². The maximum Gasteiger partial charge on any atom is 0.338 e. The minimum Gasteiger partial charge on any atom is -0.469 e. The van der Waals surface area contributed by atoms with Crippen molar-refractivity contribution >= 4 is 35.2 Å². The van der Waals surface area contributed by atoms with Crippen LogP contribution in [-0.2, 0) is 27.5 Å². The fourth-order valence-electron chi connectivity index (χ4n) is 3.78. The Morgan fingerprint density at radius 1 is 1.14 bits per heavy atom. The van der Waals surface area contributed by atoms with E-state index in [0.29, 0.717) is 18.8 Å². The zero-order valence-corrected chi connectivity index (χ0v) is 17.5. The van der Waals surface area contributed by atoms with Crippen molar-refractivity contribution in [1.82, 2.24) is 14.0 Å². The number of methoxy groups -OCH3 is 1. The average molecular weight is 406 g/mol. The SMILES string of the molecule is CCOC(=O)c1ccc2c(c1)n(CN1CCC(C(=O)OC)CC1)c(=S)n2CC. The molecular formula is C20H27N3O4S. The zero-order chi connectivity index (χ0) is 20.3. The number of hydrogen-bond donors (Lipinski definition) is 0. The predicted molar refractivity (Wildman–Crippen MR) is 109 cm³/mol. The number of carbonyl (C=O) groups excluding carboxylic acids is 2.